The minimum atomic E-state index is -3.92. The topological polar surface area (TPSA) is 113 Å². The number of halogens is 2. The maximum Gasteiger partial charge on any atom is 0.337 e. The van der Waals surface area contributed by atoms with Crippen LogP contribution in [0.4, 0.5) is 11.4 Å². The van der Waals surface area contributed by atoms with E-state index in [1.165, 1.54) is 36.4 Å². The van der Waals surface area contributed by atoms with Crippen LogP contribution in [-0.4, -0.2) is 25.4 Å². The Kier molecular flexibility index (Phi) is 6.78. The zero-order valence-electron chi connectivity index (χ0n) is 15.1. The van der Waals surface area contributed by atoms with Gasteiger partial charge in [0.05, 0.1) is 16.1 Å². The molecule has 0 heterocycles. The summed E-state index contributed by atoms with van der Waals surface area (Å²) in [4.78, 5) is 23.9. The van der Waals surface area contributed by atoms with Crippen molar-refractivity contribution in [3.8, 4) is 0 Å². The number of amides is 1. The van der Waals surface area contributed by atoms with Gasteiger partial charge in [-0.05, 0) is 83.3 Å². The van der Waals surface area contributed by atoms with Crippen LogP contribution in [0.5, 0.6) is 0 Å². The van der Waals surface area contributed by atoms with Crippen LogP contribution in [0.2, 0.25) is 0 Å². The lowest BCUT2D eigenvalue weighted by molar-refractivity contribution is 0.0698. The van der Waals surface area contributed by atoms with Gasteiger partial charge in [-0.15, -0.1) is 0 Å². The molecule has 0 spiro atoms. The smallest absolute Gasteiger partial charge is 0.337 e. The van der Waals surface area contributed by atoms with Crippen LogP contribution in [0.15, 0.2) is 76.1 Å². The Balaban J connectivity index is 1.85. The molecule has 0 aromatic heterocycles. The summed E-state index contributed by atoms with van der Waals surface area (Å²) in [5, 5.41) is 11.8. The van der Waals surface area contributed by atoms with Gasteiger partial charge in [0.1, 0.15) is 0 Å². The molecule has 7 nitrogen and oxygen atoms in total. The summed E-state index contributed by atoms with van der Waals surface area (Å²) in [5.41, 5.74) is 0.467. The molecule has 1 amide bonds. The Morgan fingerprint density at radius 3 is 2.33 bits per heavy atom. The number of benzene rings is 3. The SMILES string of the molecule is O=C(Nc1ccc(Br)cc1C(=O)O)c1cccc(S(=O)(=O)Nc2ccc(I)cc2)c1. The first-order chi connectivity index (χ1) is 14.2. The summed E-state index contributed by atoms with van der Waals surface area (Å²) >= 11 is 5.30. The predicted molar refractivity (Wildman–Crippen MR) is 125 cm³/mol. The van der Waals surface area contributed by atoms with Crippen LogP contribution in [0, 0.1) is 3.57 Å². The summed E-state index contributed by atoms with van der Waals surface area (Å²) in [7, 11) is -3.92. The van der Waals surface area contributed by atoms with Crippen LogP contribution in [-0.2, 0) is 10.0 Å². The molecule has 0 aliphatic carbocycles. The number of carboxylic acids is 1. The fourth-order valence-corrected chi connectivity index (χ4v) is 4.36. The third-order valence-corrected chi connectivity index (χ3v) is 6.55. The first-order valence-electron chi connectivity index (χ1n) is 8.38. The highest BCUT2D eigenvalue weighted by Crippen LogP contribution is 2.23. The first kappa shape index (κ1) is 22.2. The average Bonchev–Trinajstić information content (AvgIpc) is 2.71. The molecule has 154 valence electrons. The maximum absolute atomic E-state index is 12.7. The highest BCUT2D eigenvalue weighted by atomic mass is 127. The van der Waals surface area contributed by atoms with Crippen molar-refractivity contribution in [3.05, 3.63) is 85.9 Å². The molecule has 0 radical (unpaired) electrons. The molecular formula is C20H14BrIN2O5S. The van der Waals surface area contributed by atoms with E-state index in [4.69, 9.17) is 0 Å². The molecular weight excluding hydrogens is 587 g/mol. The minimum Gasteiger partial charge on any atom is -0.478 e. The molecule has 10 heteroatoms. The molecule has 3 rings (SSSR count). The van der Waals surface area contributed by atoms with Crippen LogP contribution in [0.3, 0.4) is 0 Å². The number of nitrogens with one attached hydrogen (secondary N) is 2. The van der Waals surface area contributed by atoms with Crippen molar-refractivity contribution >= 4 is 71.8 Å². The van der Waals surface area contributed by atoms with Gasteiger partial charge in [-0.25, -0.2) is 13.2 Å². The monoisotopic (exact) mass is 600 g/mol. The fourth-order valence-electron chi connectivity index (χ4n) is 2.53. The normalized spacial score (nSPS) is 11.0. The predicted octanol–water partition coefficient (Wildman–Crippen LogP) is 4.81. The van der Waals surface area contributed by atoms with Crippen molar-refractivity contribution in [2.45, 2.75) is 4.90 Å². The van der Waals surface area contributed by atoms with Gasteiger partial charge in [-0.3, -0.25) is 9.52 Å². The van der Waals surface area contributed by atoms with Crippen LogP contribution >= 0.6 is 38.5 Å². The Bertz CT molecular complexity index is 1230. The van der Waals surface area contributed by atoms with Crippen molar-refractivity contribution in [2.24, 2.45) is 0 Å². The molecule has 0 aliphatic rings. The van der Waals surface area contributed by atoms with Crippen LogP contribution in [0.1, 0.15) is 20.7 Å². The number of carbonyl (C=O) groups is 2. The summed E-state index contributed by atoms with van der Waals surface area (Å²) in [6.07, 6.45) is 0. The average molecular weight is 601 g/mol. The lowest BCUT2D eigenvalue weighted by atomic mass is 10.1. The lowest BCUT2D eigenvalue weighted by Crippen LogP contribution is -2.17. The van der Waals surface area contributed by atoms with Crippen LogP contribution in [0.25, 0.3) is 0 Å². The van der Waals surface area contributed by atoms with Gasteiger partial charge >= 0.3 is 5.97 Å². The Morgan fingerprint density at radius 2 is 1.67 bits per heavy atom. The van der Waals surface area contributed by atoms with Gasteiger partial charge in [0.2, 0.25) is 0 Å². The first-order valence-corrected chi connectivity index (χ1v) is 11.7. The van der Waals surface area contributed by atoms with Crippen molar-refractivity contribution in [2.75, 3.05) is 10.0 Å². The molecule has 3 aromatic rings. The number of aromatic carboxylic acids is 1. The number of carbonyl (C=O) groups excluding carboxylic acids is 1. The Labute approximate surface area is 194 Å². The van der Waals surface area contributed by atoms with E-state index >= 15 is 0 Å². The van der Waals surface area contributed by atoms with E-state index < -0.39 is 21.9 Å². The van der Waals surface area contributed by atoms with E-state index in [9.17, 15) is 23.1 Å². The van der Waals surface area contributed by atoms with E-state index in [0.29, 0.717) is 10.2 Å². The third-order valence-electron chi connectivity index (χ3n) is 3.96. The van der Waals surface area contributed by atoms with E-state index in [-0.39, 0.29) is 21.7 Å². The van der Waals surface area contributed by atoms with Gasteiger partial charge in [-0.1, -0.05) is 22.0 Å². The van der Waals surface area contributed by atoms with Crippen molar-refractivity contribution < 1.29 is 23.1 Å². The lowest BCUT2D eigenvalue weighted by Gasteiger charge is -2.11. The quantitative estimate of drug-likeness (QED) is 0.352. The molecule has 3 aromatic carbocycles. The second-order valence-corrected chi connectivity index (χ2v) is 9.93. The van der Waals surface area contributed by atoms with Gasteiger partial charge in [0.25, 0.3) is 15.9 Å². The van der Waals surface area contributed by atoms with Gasteiger partial charge in [0.15, 0.2) is 0 Å². The van der Waals surface area contributed by atoms with E-state index in [1.807, 2.05) is 0 Å². The molecule has 0 bridgehead atoms. The molecule has 0 saturated heterocycles. The zero-order valence-corrected chi connectivity index (χ0v) is 19.7. The Morgan fingerprint density at radius 1 is 0.967 bits per heavy atom. The summed E-state index contributed by atoms with van der Waals surface area (Å²) < 4.78 is 29.3. The highest BCUT2D eigenvalue weighted by molar-refractivity contribution is 14.1. The molecule has 0 fully saturated rings. The summed E-state index contributed by atoms with van der Waals surface area (Å²) in [6.45, 7) is 0. The molecule has 30 heavy (non-hydrogen) atoms. The van der Waals surface area contributed by atoms with Gasteiger partial charge in [-0.2, -0.15) is 0 Å². The third kappa shape index (κ3) is 5.37. The Hall–Kier alpha value is -2.44. The van der Waals surface area contributed by atoms with Crippen molar-refractivity contribution in [3.63, 3.8) is 0 Å². The number of sulfonamides is 1. The zero-order chi connectivity index (χ0) is 21.9. The highest BCUT2D eigenvalue weighted by Gasteiger charge is 2.18. The van der Waals surface area contributed by atoms with E-state index in [0.717, 1.165) is 3.57 Å². The molecule has 3 N–H and O–H groups in total. The van der Waals surface area contributed by atoms with Gasteiger partial charge < -0.3 is 10.4 Å². The fraction of sp³-hybridized carbons (Fsp3) is 0. The summed E-state index contributed by atoms with van der Waals surface area (Å²) in [6, 6.07) is 16.7. The van der Waals surface area contributed by atoms with Gasteiger partial charge in [0, 0.05) is 19.3 Å². The molecule has 0 saturated carbocycles. The number of carboxylic acid groups (broad SMARTS) is 1. The van der Waals surface area contributed by atoms with E-state index in [1.54, 1.807) is 30.3 Å². The maximum atomic E-state index is 12.7. The largest absolute Gasteiger partial charge is 0.478 e. The van der Waals surface area contributed by atoms with Crippen molar-refractivity contribution in [1.82, 2.24) is 0 Å². The number of rotatable bonds is 6. The number of hydrogen-bond acceptors (Lipinski definition) is 4. The number of hydrogen-bond donors (Lipinski definition) is 3. The second-order valence-electron chi connectivity index (χ2n) is 6.09. The molecule has 0 unspecified atom stereocenters. The minimum absolute atomic E-state index is 0.0692. The van der Waals surface area contributed by atoms with Crippen LogP contribution < -0.4 is 10.0 Å². The molecule has 0 atom stereocenters. The van der Waals surface area contributed by atoms with Crippen molar-refractivity contribution in [1.29, 1.82) is 0 Å². The number of anilines is 2. The standard InChI is InChI=1S/C20H14BrIN2O5S/c21-13-4-9-18(17(11-13)20(26)27)23-19(25)12-2-1-3-16(10-12)30(28,29)24-15-7-5-14(22)6-8-15/h1-11,24H,(H,23,25)(H,26,27). The second kappa shape index (κ2) is 9.14. The van der Waals surface area contributed by atoms with E-state index in [2.05, 4.69) is 48.6 Å². The molecule has 0 aliphatic heterocycles. The summed E-state index contributed by atoms with van der Waals surface area (Å²) in [5.74, 6) is -1.84.